The quantitative estimate of drug-likeness (QED) is 0.435. The lowest BCUT2D eigenvalue weighted by Gasteiger charge is -2.03. The smallest absolute Gasteiger partial charge is 0.336 e. The van der Waals surface area contributed by atoms with Crippen LogP contribution in [-0.4, -0.2) is 22.2 Å². The number of hydrogen-bond acceptors (Lipinski definition) is 6. The molecule has 0 saturated heterocycles. The molecule has 3 aromatic rings. The average Bonchev–Trinajstić information content (AvgIpc) is 2.57. The lowest BCUT2D eigenvalue weighted by molar-refractivity contribution is 0.0955. The lowest BCUT2D eigenvalue weighted by atomic mass is 10.1. The molecule has 0 aliphatic carbocycles. The topological polar surface area (TPSA) is 105 Å². The molecule has 7 nitrogen and oxygen atoms in total. The summed E-state index contributed by atoms with van der Waals surface area (Å²) in [6, 6.07) is 9.01. The molecule has 0 bridgehead atoms. The molecule has 0 atom stereocenters. The van der Waals surface area contributed by atoms with Crippen LogP contribution in [0.4, 0.5) is 0 Å². The summed E-state index contributed by atoms with van der Waals surface area (Å²) in [6.07, 6.45) is 4.20. The highest BCUT2D eigenvalue weighted by Crippen LogP contribution is 2.24. The summed E-state index contributed by atoms with van der Waals surface area (Å²) in [4.78, 5) is 27.0. The monoisotopic (exact) mass is 309 g/mol. The maximum absolute atomic E-state index is 11.8. The number of rotatable bonds is 3. The second-order valence-corrected chi connectivity index (χ2v) is 4.61. The third kappa shape index (κ3) is 3.08. The van der Waals surface area contributed by atoms with Crippen LogP contribution in [-0.2, 0) is 0 Å². The molecule has 0 aliphatic rings. The second kappa shape index (κ2) is 6.10. The van der Waals surface area contributed by atoms with Gasteiger partial charge in [-0.3, -0.25) is 9.78 Å². The van der Waals surface area contributed by atoms with Gasteiger partial charge < -0.3 is 9.52 Å². The van der Waals surface area contributed by atoms with Crippen LogP contribution in [0, 0.1) is 0 Å². The predicted molar refractivity (Wildman–Crippen MR) is 83.4 cm³/mol. The summed E-state index contributed by atoms with van der Waals surface area (Å²) in [6.45, 7) is 0. The normalized spacial score (nSPS) is 11.0. The minimum atomic E-state index is -0.543. The van der Waals surface area contributed by atoms with Crippen molar-refractivity contribution in [2.45, 2.75) is 0 Å². The number of phenols is 1. The van der Waals surface area contributed by atoms with E-state index >= 15 is 0 Å². The van der Waals surface area contributed by atoms with Crippen molar-refractivity contribution in [1.29, 1.82) is 0 Å². The van der Waals surface area contributed by atoms with Gasteiger partial charge in [0.05, 0.1) is 11.8 Å². The van der Waals surface area contributed by atoms with Gasteiger partial charge in [-0.25, -0.2) is 10.2 Å². The number of carbonyl (C=O) groups is 1. The first kappa shape index (κ1) is 14.5. The number of phenolic OH excluding ortho intramolecular Hbond substituents is 1. The molecule has 0 saturated carbocycles. The molecule has 2 aromatic heterocycles. The van der Waals surface area contributed by atoms with Gasteiger partial charge in [0.1, 0.15) is 5.75 Å². The Morgan fingerprint density at radius 3 is 2.70 bits per heavy atom. The van der Waals surface area contributed by atoms with E-state index in [9.17, 15) is 14.7 Å². The van der Waals surface area contributed by atoms with Gasteiger partial charge in [0.25, 0.3) is 5.91 Å². The Balaban J connectivity index is 1.89. The van der Waals surface area contributed by atoms with Crippen LogP contribution < -0.4 is 11.1 Å². The summed E-state index contributed by atoms with van der Waals surface area (Å²) >= 11 is 0. The first-order valence-corrected chi connectivity index (χ1v) is 6.64. The van der Waals surface area contributed by atoms with Crippen LogP contribution in [0.15, 0.2) is 63.1 Å². The van der Waals surface area contributed by atoms with Gasteiger partial charge in [-0.05, 0) is 30.3 Å². The Labute approximate surface area is 129 Å². The fourth-order valence-electron chi connectivity index (χ4n) is 1.99. The zero-order valence-electron chi connectivity index (χ0n) is 11.8. The van der Waals surface area contributed by atoms with Crippen LogP contribution in [0.2, 0.25) is 0 Å². The van der Waals surface area contributed by atoms with E-state index in [0.29, 0.717) is 10.9 Å². The summed E-state index contributed by atoms with van der Waals surface area (Å²) in [7, 11) is 0. The van der Waals surface area contributed by atoms with E-state index in [2.05, 4.69) is 15.5 Å². The maximum atomic E-state index is 11.8. The minimum absolute atomic E-state index is 0.117. The van der Waals surface area contributed by atoms with Crippen molar-refractivity contribution in [2.75, 3.05) is 0 Å². The first-order chi connectivity index (χ1) is 11.1. The molecule has 1 amide bonds. The molecule has 3 rings (SSSR count). The van der Waals surface area contributed by atoms with Crippen LogP contribution in [0.5, 0.6) is 5.75 Å². The van der Waals surface area contributed by atoms with E-state index in [1.165, 1.54) is 30.7 Å². The van der Waals surface area contributed by atoms with Crippen LogP contribution in [0.25, 0.3) is 11.0 Å². The minimum Gasteiger partial charge on any atom is -0.507 e. The van der Waals surface area contributed by atoms with Gasteiger partial charge in [-0.2, -0.15) is 5.10 Å². The number of carbonyl (C=O) groups excluding carboxylic acids is 1. The molecule has 7 heteroatoms. The van der Waals surface area contributed by atoms with E-state index in [0.717, 1.165) is 0 Å². The largest absolute Gasteiger partial charge is 0.507 e. The Bertz CT molecular complexity index is 948. The lowest BCUT2D eigenvalue weighted by Crippen LogP contribution is -2.17. The number of aromatic hydroxyl groups is 1. The Hall–Kier alpha value is -3.48. The molecule has 1 aromatic carbocycles. The van der Waals surface area contributed by atoms with E-state index in [1.807, 2.05) is 0 Å². The second-order valence-electron chi connectivity index (χ2n) is 4.61. The van der Waals surface area contributed by atoms with E-state index in [1.54, 1.807) is 24.3 Å². The Morgan fingerprint density at radius 1 is 1.17 bits per heavy atom. The van der Waals surface area contributed by atoms with Crippen LogP contribution in [0.1, 0.15) is 15.9 Å². The van der Waals surface area contributed by atoms with Crippen LogP contribution in [0.3, 0.4) is 0 Å². The van der Waals surface area contributed by atoms with Crippen molar-refractivity contribution < 1.29 is 14.3 Å². The molecule has 114 valence electrons. The molecule has 2 heterocycles. The van der Waals surface area contributed by atoms with Gasteiger partial charge in [0, 0.05) is 29.4 Å². The fourth-order valence-corrected chi connectivity index (χ4v) is 1.99. The number of fused-ring (bicyclic) bond motifs is 1. The van der Waals surface area contributed by atoms with Crippen molar-refractivity contribution in [1.82, 2.24) is 10.4 Å². The van der Waals surface area contributed by atoms with Crippen molar-refractivity contribution >= 4 is 23.1 Å². The zero-order chi connectivity index (χ0) is 16.2. The standard InChI is InChI=1S/C16H11N3O4/c20-13-3-1-10-2-4-14(21)23-15(10)12(13)9-18-19-16(22)11-5-7-17-8-6-11/h1-9,20H,(H,19,22)/b18-9+. The molecule has 0 radical (unpaired) electrons. The molecule has 0 unspecified atom stereocenters. The third-order valence-corrected chi connectivity index (χ3v) is 3.11. The first-order valence-electron chi connectivity index (χ1n) is 6.64. The fraction of sp³-hybridized carbons (Fsp3) is 0. The van der Waals surface area contributed by atoms with Crippen molar-refractivity contribution in [3.8, 4) is 5.75 Å². The number of benzene rings is 1. The molecular formula is C16H11N3O4. The van der Waals surface area contributed by atoms with Gasteiger partial charge >= 0.3 is 5.63 Å². The van der Waals surface area contributed by atoms with Gasteiger partial charge in [-0.1, -0.05) is 0 Å². The third-order valence-electron chi connectivity index (χ3n) is 3.11. The van der Waals surface area contributed by atoms with Crippen molar-refractivity contribution in [3.63, 3.8) is 0 Å². The molecule has 0 fully saturated rings. The van der Waals surface area contributed by atoms with Gasteiger partial charge in [0.15, 0.2) is 5.58 Å². The van der Waals surface area contributed by atoms with E-state index in [-0.39, 0.29) is 16.9 Å². The summed E-state index contributed by atoms with van der Waals surface area (Å²) in [5.74, 6) is -0.543. The number of amides is 1. The van der Waals surface area contributed by atoms with Crippen molar-refractivity contribution in [2.24, 2.45) is 5.10 Å². The number of nitrogens with zero attached hydrogens (tertiary/aromatic N) is 2. The summed E-state index contributed by atoms with van der Waals surface area (Å²) in [5, 5.41) is 14.3. The van der Waals surface area contributed by atoms with Crippen LogP contribution >= 0.6 is 0 Å². The average molecular weight is 309 g/mol. The summed E-state index contributed by atoms with van der Waals surface area (Å²) in [5.41, 5.74) is 2.57. The van der Waals surface area contributed by atoms with E-state index < -0.39 is 11.5 Å². The van der Waals surface area contributed by atoms with Crippen molar-refractivity contribution in [3.05, 3.63) is 70.3 Å². The summed E-state index contributed by atoms with van der Waals surface area (Å²) < 4.78 is 5.09. The highest BCUT2D eigenvalue weighted by molar-refractivity contribution is 6.00. The highest BCUT2D eigenvalue weighted by atomic mass is 16.4. The van der Waals surface area contributed by atoms with Gasteiger partial charge in [-0.15, -0.1) is 0 Å². The SMILES string of the molecule is O=C(N/N=C/c1c(O)ccc2ccc(=O)oc12)c1ccncc1. The molecule has 23 heavy (non-hydrogen) atoms. The molecular weight excluding hydrogens is 298 g/mol. The highest BCUT2D eigenvalue weighted by Gasteiger charge is 2.08. The number of aromatic nitrogens is 1. The number of hydrazone groups is 1. The maximum Gasteiger partial charge on any atom is 0.336 e. The molecule has 2 N–H and O–H groups in total. The number of pyridine rings is 1. The molecule has 0 spiro atoms. The Kier molecular flexibility index (Phi) is 3.84. The number of nitrogens with one attached hydrogen (secondary N) is 1. The predicted octanol–water partition coefficient (Wildman–Crippen LogP) is 1.66. The van der Waals surface area contributed by atoms with Gasteiger partial charge in [0.2, 0.25) is 0 Å². The zero-order valence-corrected chi connectivity index (χ0v) is 11.8. The number of hydrogen-bond donors (Lipinski definition) is 2. The van der Waals surface area contributed by atoms with E-state index in [4.69, 9.17) is 4.42 Å². The Morgan fingerprint density at radius 2 is 1.91 bits per heavy atom. The molecule has 0 aliphatic heterocycles.